The van der Waals surface area contributed by atoms with Crippen molar-refractivity contribution < 1.29 is 28.6 Å². The Kier molecular flexibility index (Phi) is 49.3. The van der Waals surface area contributed by atoms with Crippen molar-refractivity contribution in [1.82, 2.24) is 0 Å². The van der Waals surface area contributed by atoms with Crippen LogP contribution in [0.15, 0.2) is 36.5 Å². The number of esters is 3. The van der Waals surface area contributed by atoms with Crippen LogP contribution in [0.2, 0.25) is 0 Å². The number of unbranched alkanes of at least 4 members (excludes halogenated alkanes) is 32. The normalized spacial score (nSPS) is 12.2. The number of carbonyl (C=O) groups excluding carboxylic acids is 3. The summed E-state index contributed by atoms with van der Waals surface area (Å²) in [4.78, 5) is 38.0. The van der Waals surface area contributed by atoms with Gasteiger partial charge in [-0.05, 0) is 51.4 Å². The smallest absolute Gasteiger partial charge is 0.306 e. The number of carbonyl (C=O) groups is 3. The lowest BCUT2D eigenvalue weighted by atomic mass is 10.0. The molecule has 0 spiro atoms. The third-order valence-corrected chi connectivity index (χ3v) is 11.9. The van der Waals surface area contributed by atoms with Gasteiger partial charge in [-0.3, -0.25) is 14.4 Å². The van der Waals surface area contributed by atoms with Crippen molar-refractivity contribution >= 4 is 17.9 Å². The molecular formula is C56H102O6. The second kappa shape index (κ2) is 51.3. The molecule has 0 saturated carbocycles. The maximum atomic E-state index is 12.8. The van der Waals surface area contributed by atoms with Crippen LogP contribution >= 0.6 is 0 Å². The number of hydrogen-bond donors (Lipinski definition) is 0. The van der Waals surface area contributed by atoms with E-state index in [1.54, 1.807) is 0 Å². The first-order chi connectivity index (χ1) is 30.5. The molecule has 0 aromatic rings. The molecule has 1 unspecified atom stereocenters. The van der Waals surface area contributed by atoms with Gasteiger partial charge in [-0.25, -0.2) is 0 Å². The Bertz CT molecular complexity index is 1050. The van der Waals surface area contributed by atoms with Crippen molar-refractivity contribution in [3.05, 3.63) is 36.5 Å². The zero-order valence-corrected chi connectivity index (χ0v) is 41.4. The van der Waals surface area contributed by atoms with Crippen LogP contribution in [0.25, 0.3) is 0 Å². The zero-order chi connectivity index (χ0) is 45.1. The number of allylic oxidation sites excluding steroid dienone is 6. The third-order valence-electron chi connectivity index (χ3n) is 11.9. The van der Waals surface area contributed by atoms with Crippen molar-refractivity contribution in [3.63, 3.8) is 0 Å². The number of hydrogen-bond acceptors (Lipinski definition) is 6. The Labute approximate surface area is 385 Å². The van der Waals surface area contributed by atoms with E-state index in [9.17, 15) is 14.4 Å². The Balaban J connectivity index is 4.34. The summed E-state index contributed by atoms with van der Waals surface area (Å²) >= 11 is 0. The maximum absolute atomic E-state index is 12.8. The molecule has 0 aromatic heterocycles. The largest absolute Gasteiger partial charge is 0.462 e. The van der Waals surface area contributed by atoms with Crippen molar-refractivity contribution in [3.8, 4) is 0 Å². The highest BCUT2D eigenvalue weighted by atomic mass is 16.6. The van der Waals surface area contributed by atoms with E-state index in [1.165, 1.54) is 161 Å². The summed E-state index contributed by atoms with van der Waals surface area (Å²) in [6.45, 7) is 6.55. The quantitative estimate of drug-likeness (QED) is 0.0262. The average molecular weight is 871 g/mol. The van der Waals surface area contributed by atoms with Crippen LogP contribution in [0.1, 0.15) is 284 Å². The third kappa shape index (κ3) is 48.7. The molecule has 0 rings (SSSR count). The van der Waals surface area contributed by atoms with Gasteiger partial charge in [0, 0.05) is 19.3 Å². The fourth-order valence-electron chi connectivity index (χ4n) is 7.87. The van der Waals surface area contributed by atoms with Crippen molar-refractivity contribution in [2.45, 2.75) is 290 Å². The summed E-state index contributed by atoms with van der Waals surface area (Å²) in [5.41, 5.74) is 0. The van der Waals surface area contributed by atoms with E-state index in [2.05, 4.69) is 57.2 Å². The molecule has 0 saturated heterocycles. The molecule has 6 heteroatoms. The highest BCUT2D eigenvalue weighted by Gasteiger charge is 2.19. The first-order valence-electron chi connectivity index (χ1n) is 27.0. The Morgan fingerprint density at radius 2 is 0.629 bits per heavy atom. The van der Waals surface area contributed by atoms with Crippen LogP contribution in [0.4, 0.5) is 0 Å². The summed E-state index contributed by atoms with van der Waals surface area (Å²) < 4.78 is 16.8. The van der Waals surface area contributed by atoms with E-state index in [-0.39, 0.29) is 31.1 Å². The Hall–Kier alpha value is -2.37. The molecule has 0 fully saturated rings. The molecule has 0 bridgehead atoms. The van der Waals surface area contributed by atoms with Gasteiger partial charge in [0.1, 0.15) is 13.2 Å². The second-order valence-corrected chi connectivity index (χ2v) is 18.1. The zero-order valence-electron chi connectivity index (χ0n) is 41.4. The van der Waals surface area contributed by atoms with Gasteiger partial charge in [-0.2, -0.15) is 0 Å². The van der Waals surface area contributed by atoms with Crippen LogP contribution in [-0.2, 0) is 28.6 Å². The van der Waals surface area contributed by atoms with Crippen molar-refractivity contribution in [2.75, 3.05) is 13.2 Å². The molecule has 0 N–H and O–H groups in total. The minimum Gasteiger partial charge on any atom is -0.462 e. The first-order valence-corrected chi connectivity index (χ1v) is 27.0. The molecule has 0 aliphatic heterocycles. The number of ether oxygens (including phenoxy) is 3. The first kappa shape index (κ1) is 59.6. The monoisotopic (exact) mass is 871 g/mol. The van der Waals surface area contributed by atoms with Crippen LogP contribution in [-0.4, -0.2) is 37.2 Å². The molecule has 0 aromatic carbocycles. The van der Waals surface area contributed by atoms with Crippen LogP contribution in [0.3, 0.4) is 0 Å². The molecule has 0 aliphatic carbocycles. The predicted molar refractivity (Wildman–Crippen MR) is 266 cm³/mol. The van der Waals surface area contributed by atoms with Gasteiger partial charge in [0.25, 0.3) is 0 Å². The molecule has 0 aliphatic rings. The molecule has 0 amide bonds. The fourth-order valence-corrected chi connectivity index (χ4v) is 7.87. The van der Waals surface area contributed by atoms with E-state index < -0.39 is 6.10 Å². The van der Waals surface area contributed by atoms with E-state index in [4.69, 9.17) is 14.2 Å². The van der Waals surface area contributed by atoms with Gasteiger partial charge in [0.2, 0.25) is 0 Å². The van der Waals surface area contributed by atoms with Gasteiger partial charge in [-0.1, -0.05) is 250 Å². The summed E-state index contributed by atoms with van der Waals surface area (Å²) in [6, 6.07) is 0. The average Bonchev–Trinajstić information content (AvgIpc) is 3.27. The minimum atomic E-state index is -0.770. The predicted octanol–water partition coefficient (Wildman–Crippen LogP) is 17.7. The molecule has 62 heavy (non-hydrogen) atoms. The topological polar surface area (TPSA) is 78.9 Å². The molecule has 362 valence electrons. The summed E-state index contributed by atoms with van der Waals surface area (Å²) in [5, 5.41) is 0. The summed E-state index contributed by atoms with van der Waals surface area (Å²) in [5.74, 6) is -0.866. The van der Waals surface area contributed by atoms with E-state index in [1.807, 2.05) is 0 Å². The van der Waals surface area contributed by atoms with Gasteiger partial charge < -0.3 is 14.2 Å². The van der Waals surface area contributed by atoms with E-state index in [0.29, 0.717) is 19.3 Å². The van der Waals surface area contributed by atoms with E-state index in [0.717, 1.165) is 83.5 Å². The number of rotatable bonds is 49. The highest BCUT2D eigenvalue weighted by molar-refractivity contribution is 5.71. The molecule has 6 nitrogen and oxygen atoms in total. The van der Waals surface area contributed by atoms with Gasteiger partial charge in [-0.15, -0.1) is 0 Å². The van der Waals surface area contributed by atoms with Crippen LogP contribution in [0.5, 0.6) is 0 Å². The Morgan fingerprint density at radius 3 is 0.984 bits per heavy atom. The molecular weight excluding hydrogens is 769 g/mol. The lowest BCUT2D eigenvalue weighted by molar-refractivity contribution is -0.167. The highest BCUT2D eigenvalue weighted by Crippen LogP contribution is 2.16. The fraction of sp³-hybridized carbons (Fsp3) is 0.839. The second-order valence-electron chi connectivity index (χ2n) is 18.1. The lowest BCUT2D eigenvalue weighted by Crippen LogP contribution is -2.30. The SMILES string of the molecule is CC/C=C\C/C=C\C/C=C\CCCCCCCCCC(=O)OCC(COC(=O)CCCCCCCCCCCCCC)OC(=O)CCCCCCCCCCCCCCCCC. The lowest BCUT2D eigenvalue weighted by Gasteiger charge is -2.18. The van der Waals surface area contributed by atoms with Gasteiger partial charge >= 0.3 is 17.9 Å². The van der Waals surface area contributed by atoms with Crippen molar-refractivity contribution in [1.29, 1.82) is 0 Å². The molecule has 0 heterocycles. The van der Waals surface area contributed by atoms with Crippen molar-refractivity contribution in [2.24, 2.45) is 0 Å². The minimum absolute atomic E-state index is 0.0707. The van der Waals surface area contributed by atoms with Crippen LogP contribution in [0, 0.1) is 0 Å². The van der Waals surface area contributed by atoms with Gasteiger partial charge in [0.05, 0.1) is 0 Å². The molecule has 0 radical (unpaired) electrons. The summed E-state index contributed by atoms with van der Waals surface area (Å²) in [7, 11) is 0. The standard InChI is InChI=1S/C56H102O6/c1-4-7-10-13-16-19-22-25-27-28-30-31-34-37-40-43-46-49-55(58)61-52-53(51-60-54(57)48-45-42-39-36-33-24-21-18-15-12-9-6-3)62-56(59)50-47-44-41-38-35-32-29-26-23-20-17-14-11-8-5-2/h7,10,16,19,25,27,53H,4-6,8-9,11-15,17-18,20-24,26,28-52H2,1-3H3/b10-7-,19-16-,27-25-. The molecule has 1 atom stereocenters. The van der Waals surface area contributed by atoms with E-state index >= 15 is 0 Å². The Morgan fingerprint density at radius 1 is 0.339 bits per heavy atom. The van der Waals surface area contributed by atoms with Crippen LogP contribution < -0.4 is 0 Å². The summed E-state index contributed by atoms with van der Waals surface area (Å²) in [6.07, 6.45) is 59.8. The van der Waals surface area contributed by atoms with Gasteiger partial charge in [0.15, 0.2) is 6.10 Å². The maximum Gasteiger partial charge on any atom is 0.306 e.